The first-order chi connectivity index (χ1) is 17.5. The van der Waals surface area contributed by atoms with Gasteiger partial charge in [-0.25, -0.2) is 0 Å². The van der Waals surface area contributed by atoms with E-state index in [-0.39, 0.29) is 12.4 Å². The second-order valence-corrected chi connectivity index (χ2v) is 10.4. The van der Waals surface area contributed by atoms with Crippen molar-refractivity contribution >= 4 is 11.9 Å². The molecular formula is C31H50O5. The third-order valence-electron chi connectivity index (χ3n) is 7.46. The van der Waals surface area contributed by atoms with Crippen molar-refractivity contribution in [3.05, 3.63) is 22.3 Å². The monoisotopic (exact) mass is 502 g/mol. The van der Waals surface area contributed by atoms with E-state index in [4.69, 9.17) is 9.47 Å². The van der Waals surface area contributed by atoms with Crippen LogP contribution >= 0.6 is 0 Å². The first kappa shape index (κ1) is 30.2. The summed E-state index contributed by atoms with van der Waals surface area (Å²) in [5, 5.41) is 11.0. The molecule has 36 heavy (non-hydrogen) atoms. The van der Waals surface area contributed by atoms with Crippen molar-refractivity contribution in [1.82, 2.24) is 0 Å². The van der Waals surface area contributed by atoms with Gasteiger partial charge in [-0.2, -0.15) is 0 Å². The zero-order valence-electron chi connectivity index (χ0n) is 23.4. The second kappa shape index (κ2) is 16.7. The number of benzene rings is 1. The zero-order chi connectivity index (χ0) is 26.3. The summed E-state index contributed by atoms with van der Waals surface area (Å²) in [6.07, 6.45) is 20.5. The number of esters is 2. The van der Waals surface area contributed by atoms with Crippen LogP contribution in [0.4, 0.5) is 0 Å². The average Bonchev–Trinajstić information content (AvgIpc) is 3.21. The normalized spacial score (nSPS) is 14.7. The highest BCUT2D eigenvalue weighted by molar-refractivity contribution is 6.06. The van der Waals surface area contributed by atoms with Gasteiger partial charge in [0, 0.05) is 16.7 Å². The van der Waals surface area contributed by atoms with Gasteiger partial charge in [0.1, 0.15) is 11.5 Å². The molecule has 1 atom stereocenters. The number of hydrogen-bond acceptors (Lipinski definition) is 5. The Morgan fingerprint density at radius 3 is 1.81 bits per heavy atom. The van der Waals surface area contributed by atoms with Crippen LogP contribution in [0, 0.1) is 6.92 Å². The summed E-state index contributed by atoms with van der Waals surface area (Å²) in [5.41, 5.74) is 2.81. The third kappa shape index (κ3) is 8.52. The molecule has 1 heterocycles. The lowest BCUT2D eigenvalue weighted by molar-refractivity contribution is -0.151. The first-order valence-corrected chi connectivity index (χ1v) is 14.7. The predicted molar refractivity (Wildman–Crippen MR) is 146 cm³/mol. The Bertz CT molecular complexity index is 829. The molecule has 0 aliphatic carbocycles. The lowest BCUT2D eigenvalue weighted by Gasteiger charge is -2.18. The van der Waals surface area contributed by atoms with Crippen LogP contribution in [-0.4, -0.2) is 23.7 Å². The van der Waals surface area contributed by atoms with Crippen molar-refractivity contribution in [2.24, 2.45) is 0 Å². The van der Waals surface area contributed by atoms with Crippen molar-refractivity contribution in [1.29, 1.82) is 0 Å². The molecule has 0 spiro atoms. The Morgan fingerprint density at radius 2 is 1.31 bits per heavy atom. The number of phenolic OH excluding ortho intramolecular Hbond substituents is 1. The molecular weight excluding hydrogens is 452 g/mol. The molecule has 1 aliphatic heterocycles. The molecule has 1 N–H and O–H groups in total. The fraction of sp³-hybridized carbons (Fsp3) is 0.742. The third-order valence-corrected chi connectivity index (χ3v) is 7.46. The van der Waals surface area contributed by atoms with E-state index < -0.39 is 17.9 Å². The number of hydrogen-bond donors (Lipinski definition) is 1. The number of fused-ring (bicyclic) bond motifs is 1. The summed E-state index contributed by atoms with van der Waals surface area (Å²) in [5.74, 6) is -1.61. The molecule has 1 aromatic carbocycles. The van der Waals surface area contributed by atoms with Crippen molar-refractivity contribution in [2.45, 2.75) is 143 Å². The highest BCUT2D eigenvalue weighted by Crippen LogP contribution is 2.47. The summed E-state index contributed by atoms with van der Waals surface area (Å²) >= 11 is 0. The molecule has 1 unspecified atom stereocenters. The van der Waals surface area contributed by atoms with Crippen LogP contribution in [0.1, 0.15) is 145 Å². The highest BCUT2D eigenvalue weighted by atomic mass is 16.6. The Kier molecular flexibility index (Phi) is 14.0. The largest absolute Gasteiger partial charge is 0.507 e. The molecule has 0 bridgehead atoms. The summed E-state index contributed by atoms with van der Waals surface area (Å²) in [4.78, 5) is 25.1. The molecule has 0 amide bonds. The molecule has 5 heteroatoms. The highest BCUT2D eigenvalue weighted by Gasteiger charge is 2.44. The Labute approximate surface area is 219 Å². The number of unbranched alkanes of at least 4 members (excludes halogenated alkanes) is 13. The Balaban J connectivity index is 1.85. The van der Waals surface area contributed by atoms with Crippen LogP contribution in [0.2, 0.25) is 0 Å². The Morgan fingerprint density at radius 1 is 0.778 bits per heavy atom. The van der Waals surface area contributed by atoms with Crippen LogP contribution in [-0.2, 0) is 27.2 Å². The molecule has 2 rings (SSSR count). The summed E-state index contributed by atoms with van der Waals surface area (Å²) in [6, 6.07) is 0. The summed E-state index contributed by atoms with van der Waals surface area (Å²) in [6.45, 7) is 8.02. The minimum Gasteiger partial charge on any atom is -0.507 e. The van der Waals surface area contributed by atoms with Crippen molar-refractivity contribution in [3.8, 4) is 11.5 Å². The van der Waals surface area contributed by atoms with Crippen LogP contribution < -0.4 is 4.74 Å². The quantitative estimate of drug-likeness (QED) is 0.0892. The van der Waals surface area contributed by atoms with E-state index in [0.29, 0.717) is 16.9 Å². The molecule has 0 aromatic heterocycles. The lowest BCUT2D eigenvalue weighted by Crippen LogP contribution is -2.22. The molecule has 0 saturated carbocycles. The van der Waals surface area contributed by atoms with Gasteiger partial charge in [0.25, 0.3) is 0 Å². The number of phenols is 1. The van der Waals surface area contributed by atoms with Crippen LogP contribution in [0.15, 0.2) is 0 Å². The van der Waals surface area contributed by atoms with Gasteiger partial charge in [-0.1, -0.05) is 104 Å². The molecule has 1 aliphatic rings. The SMILES string of the molecule is CCCCCCCCCCCCCCCCc1c(CCC)c(O)c(C)c2c1OC(=O)C2C(=O)OCC. The zero-order valence-corrected chi connectivity index (χ0v) is 23.4. The van der Waals surface area contributed by atoms with Crippen molar-refractivity contribution in [3.63, 3.8) is 0 Å². The minimum atomic E-state index is -1.10. The van der Waals surface area contributed by atoms with E-state index in [1.807, 2.05) is 0 Å². The van der Waals surface area contributed by atoms with Crippen molar-refractivity contribution < 1.29 is 24.2 Å². The molecule has 0 radical (unpaired) electrons. The van der Waals surface area contributed by atoms with Gasteiger partial charge >= 0.3 is 11.9 Å². The van der Waals surface area contributed by atoms with Gasteiger partial charge in [-0.3, -0.25) is 9.59 Å². The predicted octanol–water partition coefficient (Wildman–Crippen LogP) is 8.24. The van der Waals surface area contributed by atoms with E-state index >= 15 is 0 Å². The van der Waals surface area contributed by atoms with E-state index in [9.17, 15) is 14.7 Å². The van der Waals surface area contributed by atoms with Gasteiger partial charge in [0.15, 0.2) is 5.92 Å². The van der Waals surface area contributed by atoms with E-state index in [1.165, 1.54) is 77.0 Å². The molecule has 204 valence electrons. The first-order valence-electron chi connectivity index (χ1n) is 14.7. The maximum absolute atomic E-state index is 12.6. The van der Waals surface area contributed by atoms with Gasteiger partial charge < -0.3 is 14.6 Å². The van der Waals surface area contributed by atoms with Gasteiger partial charge in [0.05, 0.1) is 6.61 Å². The van der Waals surface area contributed by atoms with E-state index in [0.717, 1.165) is 43.2 Å². The molecule has 5 nitrogen and oxygen atoms in total. The maximum atomic E-state index is 12.6. The fourth-order valence-electron chi connectivity index (χ4n) is 5.43. The van der Waals surface area contributed by atoms with E-state index in [1.54, 1.807) is 13.8 Å². The summed E-state index contributed by atoms with van der Waals surface area (Å²) in [7, 11) is 0. The van der Waals surface area contributed by atoms with Crippen LogP contribution in [0.25, 0.3) is 0 Å². The van der Waals surface area contributed by atoms with Gasteiger partial charge in [0.2, 0.25) is 0 Å². The smallest absolute Gasteiger partial charge is 0.330 e. The lowest BCUT2D eigenvalue weighted by atomic mass is 9.87. The average molecular weight is 503 g/mol. The molecule has 0 saturated heterocycles. The topological polar surface area (TPSA) is 72.8 Å². The fourth-order valence-corrected chi connectivity index (χ4v) is 5.43. The van der Waals surface area contributed by atoms with E-state index in [2.05, 4.69) is 13.8 Å². The van der Waals surface area contributed by atoms with Gasteiger partial charge in [-0.05, 0) is 38.7 Å². The maximum Gasteiger partial charge on any atom is 0.330 e. The van der Waals surface area contributed by atoms with Crippen LogP contribution in [0.3, 0.4) is 0 Å². The van der Waals surface area contributed by atoms with Crippen LogP contribution in [0.5, 0.6) is 11.5 Å². The molecule has 0 fully saturated rings. The number of carbonyl (C=O) groups is 2. The standard InChI is InChI=1S/C31H50O5/c1-5-8-9-10-11-12-13-14-15-16-17-18-19-20-22-25-24(21-6-2)28(32)23(4)26-27(30(33)35-7-3)31(34)36-29(25)26/h27,32H,5-22H2,1-4H3. The van der Waals surface area contributed by atoms with Crippen molar-refractivity contribution in [2.75, 3.05) is 6.61 Å². The Hall–Kier alpha value is -2.04. The second-order valence-electron chi connectivity index (χ2n) is 10.4. The number of rotatable bonds is 19. The summed E-state index contributed by atoms with van der Waals surface area (Å²) < 4.78 is 10.8. The minimum absolute atomic E-state index is 0.197. The number of ether oxygens (including phenoxy) is 2. The number of aromatic hydroxyl groups is 1. The number of carbonyl (C=O) groups excluding carboxylic acids is 2. The molecule has 1 aromatic rings. The van der Waals surface area contributed by atoms with Gasteiger partial charge in [-0.15, -0.1) is 0 Å².